The maximum atomic E-state index is 13.4. The van der Waals surface area contributed by atoms with Crippen molar-refractivity contribution < 1.29 is 4.79 Å². The minimum atomic E-state index is 0.295. The Morgan fingerprint density at radius 1 is 0.900 bits per heavy atom. The molecule has 1 aliphatic carbocycles. The van der Waals surface area contributed by atoms with Crippen molar-refractivity contribution in [2.24, 2.45) is 0 Å². The Hall–Kier alpha value is -2.17. The molecule has 1 saturated heterocycles. The minimum absolute atomic E-state index is 0.295. The van der Waals surface area contributed by atoms with Gasteiger partial charge in [0.15, 0.2) is 0 Å². The summed E-state index contributed by atoms with van der Waals surface area (Å²) >= 11 is 0. The molecule has 3 aliphatic rings. The molecule has 2 aromatic rings. The van der Waals surface area contributed by atoms with Gasteiger partial charge in [0, 0.05) is 50.4 Å². The Bertz CT molecular complexity index is 885. The Morgan fingerprint density at radius 2 is 1.60 bits per heavy atom. The van der Waals surface area contributed by atoms with Crippen molar-refractivity contribution in [3.05, 3.63) is 65.2 Å². The highest BCUT2D eigenvalue weighted by molar-refractivity contribution is 5.98. The van der Waals surface area contributed by atoms with Crippen LogP contribution < -0.4 is 4.90 Å². The van der Waals surface area contributed by atoms with Gasteiger partial charge in [0.1, 0.15) is 0 Å². The van der Waals surface area contributed by atoms with Gasteiger partial charge >= 0.3 is 0 Å². The molecule has 4 nitrogen and oxygen atoms in total. The summed E-state index contributed by atoms with van der Waals surface area (Å²) in [5.41, 5.74) is 5.27. The number of carbonyl (C=O) groups excluding carboxylic acids is 1. The van der Waals surface area contributed by atoms with Gasteiger partial charge in [-0.15, -0.1) is 0 Å². The summed E-state index contributed by atoms with van der Waals surface area (Å²) in [6.45, 7) is 7.70. The molecule has 0 unspecified atom stereocenters. The molecular formula is C26H33N3O. The first-order valence-corrected chi connectivity index (χ1v) is 11.6. The molecule has 0 bridgehead atoms. The van der Waals surface area contributed by atoms with Crippen LogP contribution in [-0.2, 0) is 11.3 Å². The van der Waals surface area contributed by atoms with E-state index in [0.717, 1.165) is 39.1 Å². The number of piperazine rings is 1. The van der Waals surface area contributed by atoms with E-state index >= 15 is 0 Å². The van der Waals surface area contributed by atoms with E-state index in [1.807, 2.05) is 0 Å². The second-order valence-corrected chi connectivity index (χ2v) is 9.32. The number of para-hydroxylation sites is 1. The smallest absolute Gasteiger partial charge is 0.241 e. The average Bonchev–Trinajstić information content (AvgIpc) is 3.11. The molecule has 2 aliphatic heterocycles. The zero-order valence-corrected chi connectivity index (χ0v) is 18.1. The summed E-state index contributed by atoms with van der Waals surface area (Å²) in [4.78, 5) is 20.4. The molecule has 2 atom stereocenters. The molecule has 4 heteroatoms. The predicted octanol–water partition coefficient (Wildman–Crippen LogP) is 4.19. The summed E-state index contributed by atoms with van der Waals surface area (Å²) in [5.74, 6) is 0.842. The summed E-state index contributed by atoms with van der Waals surface area (Å²) in [7, 11) is 0. The lowest BCUT2D eigenvalue weighted by Gasteiger charge is -2.37. The normalized spacial score (nSPS) is 24.5. The SMILES string of the molecule is Cc1ccc(CN2CCN(CC(=O)N3c4ccccc4[C@H]4CCCC[C@H]43)CC2)cc1. The van der Waals surface area contributed by atoms with Crippen LogP contribution in [0.5, 0.6) is 0 Å². The van der Waals surface area contributed by atoms with E-state index in [1.165, 1.54) is 41.6 Å². The van der Waals surface area contributed by atoms with Gasteiger partial charge in [-0.25, -0.2) is 0 Å². The van der Waals surface area contributed by atoms with Crippen LogP contribution in [0.25, 0.3) is 0 Å². The maximum Gasteiger partial charge on any atom is 0.241 e. The predicted molar refractivity (Wildman–Crippen MR) is 122 cm³/mol. The van der Waals surface area contributed by atoms with E-state index in [0.29, 0.717) is 24.4 Å². The molecular weight excluding hydrogens is 370 g/mol. The lowest BCUT2D eigenvalue weighted by atomic mass is 9.82. The van der Waals surface area contributed by atoms with Gasteiger partial charge < -0.3 is 4.90 Å². The summed E-state index contributed by atoms with van der Waals surface area (Å²) < 4.78 is 0. The van der Waals surface area contributed by atoms with E-state index < -0.39 is 0 Å². The molecule has 1 saturated carbocycles. The first-order chi connectivity index (χ1) is 14.7. The molecule has 0 N–H and O–H groups in total. The Balaban J connectivity index is 1.20. The quantitative estimate of drug-likeness (QED) is 0.766. The summed E-state index contributed by atoms with van der Waals surface area (Å²) in [6, 6.07) is 17.8. The third-order valence-corrected chi connectivity index (χ3v) is 7.28. The largest absolute Gasteiger partial charge is 0.307 e. The number of rotatable bonds is 4. The summed E-state index contributed by atoms with van der Waals surface area (Å²) in [5, 5.41) is 0. The minimum Gasteiger partial charge on any atom is -0.307 e. The number of hydrogen-bond acceptors (Lipinski definition) is 3. The van der Waals surface area contributed by atoms with Crippen LogP contribution in [0, 0.1) is 6.92 Å². The fourth-order valence-electron chi connectivity index (χ4n) is 5.63. The highest BCUT2D eigenvalue weighted by Crippen LogP contribution is 2.47. The monoisotopic (exact) mass is 403 g/mol. The Morgan fingerprint density at radius 3 is 2.40 bits per heavy atom. The number of hydrogen-bond donors (Lipinski definition) is 0. The fraction of sp³-hybridized carbons (Fsp3) is 0.500. The first kappa shape index (κ1) is 19.8. The lowest BCUT2D eigenvalue weighted by molar-refractivity contribution is -0.120. The highest BCUT2D eigenvalue weighted by atomic mass is 16.2. The van der Waals surface area contributed by atoms with Crippen LogP contribution in [0.2, 0.25) is 0 Å². The topological polar surface area (TPSA) is 26.8 Å². The van der Waals surface area contributed by atoms with Gasteiger partial charge in [0.25, 0.3) is 0 Å². The molecule has 0 radical (unpaired) electrons. The number of benzene rings is 2. The number of aryl methyl sites for hydroxylation is 1. The van der Waals surface area contributed by atoms with Crippen LogP contribution in [0.1, 0.15) is 48.3 Å². The molecule has 2 aromatic carbocycles. The number of fused-ring (bicyclic) bond motifs is 3. The molecule has 30 heavy (non-hydrogen) atoms. The van der Waals surface area contributed by atoms with Crippen LogP contribution in [0.15, 0.2) is 48.5 Å². The number of amides is 1. The summed E-state index contributed by atoms with van der Waals surface area (Å²) in [6.07, 6.45) is 4.91. The lowest BCUT2D eigenvalue weighted by Crippen LogP contribution is -2.51. The van der Waals surface area contributed by atoms with Gasteiger partial charge in [-0.2, -0.15) is 0 Å². The third kappa shape index (κ3) is 3.91. The second kappa shape index (κ2) is 8.52. The number of nitrogens with zero attached hydrogens (tertiary/aromatic N) is 3. The van der Waals surface area contributed by atoms with Crippen molar-refractivity contribution in [2.75, 3.05) is 37.6 Å². The van der Waals surface area contributed by atoms with Crippen molar-refractivity contribution >= 4 is 11.6 Å². The van der Waals surface area contributed by atoms with Gasteiger partial charge in [0.05, 0.1) is 6.54 Å². The third-order valence-electron chi connectivity index (χ3n) is 7.28. The van der Waals surface area contributed by atoms with Gasteiger partial charge in [-0.3, -0.25) is 14.6 Å². The average molecular weight is 404 g/mol. The van der Waals surface area contributed by atoms with Gasteiger partial charge in [-0.05, 0) is 37.0 Å². The highest BCUT2D eigenvalue weighted by Gasteiger charge is 2.42. The van der Waals surface area contributed by atoms with Crippen molar-refractivity contribution in [2.45, 2.75) is 51.1 Å². The standard InChI is InChI=1S/C26H33N3O/c1-20-10-12-21(13-11-20)18-27-14-16-28(17-15-27)19-26(30)29-24-8-4-2-6-22(24)23-7-3-5-9-25(23)29/h2,4,6,8,10-13,23,25H,3,5,7,9,14-19H2,1H3/t23-,25-/m1/s1. The molecule has 1 amide bonds. The van der Waals surface area contributed by atoms with Crippen molar-refractivity contribution in [1.29, 1.82) is 0 Å². The van der Waals surface area contributed by atoms with Crippen LogP contribution in [0.3, 0.4) is 0 Å². The van der Waals surface area contributed by atoms with Crippen molar-refractivity contribution in [3.8, 4) is 0 Å². The van der Waals surface area contributed by atoms with Gasteiger partial charge in [-0.1, -0.05) is 60.9 Å². The maximum absolute atomic E-state index is 13.4. The molecule has 2 fully saturated rings. The fourth-order valence-corrected chi connectivity index (χ4v) is 5.63. The Kier molecular flexibility index (Phi) is 5.62. The second-order valence-electron chi connectivity index (χ2n) is 9.32. The van der Waals surface area contributed by atoms with Crippen LogP contribution in [0.4, 0.5) is 5.69 Å². The van der Waals surface area contributed by atoms with E-state index in [1.54, 1.807) is 0 Å². The molecule has 5 rings (SSSR count). The van der Waals surface area contributed by atoms with E-state index in [4.69, 9.17) is 0 Å². The van der Waals surface area contributed by atoms with Crippen LogP contribution >= 0.6 is 0 Å². The van der Waals surface area contributed by atoms with Gasteiger partial charge in [0.2, 0.25) is 5.91 Å². The molecule has 0 spiro atoms. The van der Waals surface area contributed by atoms with Crippen molar-refractivity contribution in [3.63, 3.8) is 0 Å². The number of carbonyl (C=O) groups is 1. The first-order valence-electron chi connectivity index (χ1n) is 11.6. The van der Waals surface area contributed by atoms with Crippen LogP contribution in [-0.4, -0.2) is 54.5 Å². The van der Waals surface area contributed by atoms with Crippen molar-refractivity contribution in [1.82, 2.24) is 9.80 Å². The molecule has 0 aromatic heterocycles. The Labute approximate surface area is 180 Å². The van der Waals surface area contributed by atoms with E-state index in [9.17, 15) is 4.79 Å². The van der Waals surface area contributed by atoms with E-state index in [-0.39, 0.29) is 0 Å². The zero-order chi connectivity index (χ0) is 20.5. The molecule has 2 heterocycles. The number of anilines is 1. The van der Waals surface area contributed by atoms with E-state index in [2.05, 4.69) is 70.2 Å². The molecule has 158 valence electrons. The zero-order valence-electron chi connectivity index (χ0n) is 18.1.